The number of aromatic nitrogens is 3. The molecule has 0 aliphatic carbocycles. The van der Waals surface area contributed by atoms with Gasteiger partial charge in [0.05, 0.1) is 6.54 Å². The number of nitrogens with one attached hydrogen (secondary N) is 1. The molecular formula is C8H7BrN4O2. The number of hydrogen-bond acceptors (Lipinski definition) is 3. The first kappa shape index (κ1) is 9.91. The zero-order chi connectivity index (χ0) is 10.8. The van der Waals surface area contributed by atoms with Crippen LogP contribution >= 0.6 is 15.9 Å². The Morgan fingerprint density at radius 1 is 1.53 bits per heavy atom. The van der Waals surface area contributed by atoms with Crippen LogP contribution < -0.4 is 5.32 Å². The Labute approximate surface area is 93.1 Å². The fourth-order valence-corrected chi connectivity index (χ4v) is 1.52. The fourth-order valence-electron chi connectivity index (χ4n) is 1.19. The average molecular weight is 271 g/mol. The van der Waals surface area contributed by atoms with Crippen molar-refractivity contribution in [3.8, 4) is 0 Å². The molecule has 0 radical (unpaired) electrons. The molecule has 2 rings (SSSR count). The largest absolute Gasteiger partial charge is 0.465 e. The zero-order valence-corrected chi connectivity index (χ0v) is 9.10. The van der Waals surface area contributed by atoms with Crippen LogP contribution in [0.25, 0.3) is 5.65 Å². The van der Waals surface area contributed by atoms with Crippen molar-refractivity contribution in [1.82, 2.24) is 19.9 Å². The Bertz CT molecular complexity index is 510. The summed E-state index contributed by atoms with van der Waals surface area (Å²) in [5, 5.41) is 18.5. The van der Waals surface area contributed by atoms with E-state index in [9.17, 15) is 4.79 Å². The van der Waals surface area contributed by atoms with E-state index in [0.29, 0.717) is 11.5 Å². The van der Waals surface area contributed by atoms with Crippen LogP contribution in [0, 0.1) is 0 Å². The molecule has 15 heavy (non-hydrogen) atoms. The molecule has 0 unspecified atom stereocenters. The predicted molar refractivity (Wildman–Crippen MR) is 55.6 cm³/mol. The maximum absolute atomic E-state index is 10.3. The summed E-state index contributed by atoms with van der Waals surface area (Å²) in [6.45, 7) is 0.132. The van der Waals surface area contributed by atoms with E-state index in [1.807, 2.05) is 6.07 Å². The van der Waals surface area contributed by atoms with E-state index >= 15 is 0 Å². The van der Waals surface area contributed by atoms with Crippen molar-refractivity contribution in [2.75, 3.05) is 0 Å². The second kappa shape index (κ2) is 3.85. The van der Waals surface area contributed by atoms with Crippen molar-refractivity contribution in [3.63, 3.8) is 0 Å². The maximum atomic E-state index is 10.3. The highest BCUT2D eigenvalue weighted by Gasteiger charge is 2.06. The van der Waals surface area contributed by atoms with Crippen molar-refractivity contribution in [2.24, 2.45) is 0 Å². The number of halogens is 1. The molecule has 2 aromatic rings. The first-order valence-electron chi connectivity index (χ1n) is 4.13. The Balaban J connectivity index is 2.35. The van der Waals surface area contributed by atoms with E-state index in [2.05, 4.69) is 31.4 Å². The Kier molecular flexibility index (Phi) is 2.55. The van der Waals surface area contributed by atoms with E-state index in [1.54, 1.807) is 16.7 Å². The molecule has 0 aliphatic rings. The van der Waals surface area contributed by atoms with Crippen LogP contribution in [0.3, 0.4) is 0 Å². The molecule has 0 saturated carbocycles. The van der Waals surface area contributed by atoms with Gasteiger partial charge < -0.3 is 10.4 Å². The third kappa shape index (κ3) is 2.07. The molecule has 78 valence electrons. The average Bonchev–Trinajstić information content (AvgIpc) is 2.57. The van der Waals surface area contributed by atoms with Gasteiger partial charge in [-0.05, 0) is 28.1 Å². The minimum atomic E-state index is -1.08. The molecule has 7 heteroatoms. The van der Waals surface area contributed by atoms with Gasteiger partial charge in [-0.1, -0.05) is 0 Å². The van der Waals surface area contributed by atoms with Crippen molar-refractivity contribution >= 4 is 27.7 Å². The van der Waals surface area contributed by atoms with Gasteiger partial charge in [0.25, 0.3) is 0 Å². The minimum Gasteiger partial charge on any atom is -0.465 e. The third-order valence-electron chi connectivity index (χ3n) is 1.83. The van der Waals surface area contributed by atoms with E-state index < -0.39 is 6.09 Å². The first-order valence-corrected chi connectivity index (χ1v) is 4.92. The Hall–Kier alpha value is -1.63. The molecule has 0 spiro atoms. The minimum absolute atomic E-state index is 0.132. The number of nitrogens with zero attached hydrogens (tertiary/aromatic N) is 3. The van der Waals surface area contributed by atoms with E-state index in [0.717, 1.165) is 4.47 Å². The Morgan fingerprint density at radius 3 is 3.07 bits per heavy atom. The molecule has 0 saturated heterocycles. The highest BCUT2D eigenvalue weighted by molar-refractivity contribution is 9.10. The van der Waals surface area contributed by atoms with Crippen LogP contribution in [0.2, 0.25) is 0 Å². The van der Waals surface area contributed by atoms with Crippen LogP contribution in [-0.4, -0.2) is 25.8 Å². The number of carboxylic acid groups (broad SMARTS) is 1. The summed E-state index contributed by atoms with van der Waals surface area (Å²) in [4.78, 5) is 10.3. The summed E-state index contributed by atoms with van der Waals surface area (Å²) in [5.41, 5.74) is 0.681. The highest BCUT2D eigenvalue weighted by Crippen LogP contribution is 2.11. The van der Waals surface area contributed by atoms with Crippen molar-refractivity contribution < 1.29 is 9.90 Å². The summed E-state index contributed by atoms with van der Waals surface area (Å²) in [7, 11) is 0. The molecule has 0 aliphatic heterocycles. The summed E-state index contributed by atoms with van der Waals surface area (Å²) in [5.74, 6) is 0.550. The third-order valence-corrected chi connectivity index (χ3v) is 2.30. The second-order valence-electron chi connectivity index (χ2n) is 2.85. The Morgan fingerprint density at radius 2 is 2.33 bits per heavy atom. The van der Waals surface area contributed by atoms with E-state index in [4.69, 9.17) is 5.11 Å². The van der Waals surface area contributed by atoms with E-state index in [1.165, 1.54) is 0 Å². The van der Waals surface area contributed by atoms with Gasteiger partial charge in [0, 0.05) is 10.7 Å². The van der Waals surface area contributed by atoms with Crippen molar-refractivity contribution in [2.45, 2.75) is 6.54 Å². The molecule has 2 heterocycles. The first-order chi connectivity index (χ1) is 7.16. The molecular weight excluding hydrogens is 264 g/mol. The number of hydrogen-bond donors (Lipinski definition) is 2. The molecule has 2 N–H and O–H groups in total. The summed E-state index contributed by atoms with van der Waals surface area (Å²) in [6.07, 6.45) is 0.704. The second-order valence-corrected chi connectivity index (χ2v) is 3.77. The monoisotopic (exact) mass is 270 g/mol. The molecule has 6 nitrogen and oxygen atoms in total. The zero-order valence-electron chi connectivity index (χ0n) is 7.51. The van der Waals surface area contributed by atoms with Crippen LogP contribution in [0.5, 0.6) is 0 Å². The van der Waals surface area contributed by atoms with Crippen LogP contribution in [-0.2, 0) is 6.54 Å². The van der Waals surface area contributed by atoms with Crippen molar-refractivity contribution in [1.29, 1.82) is 0 Å². The summed E-state index contributed by atoms with van der Waals surface area (Å²) >= 11 is 3.32. The normalized spacial score (nSPS) is 10.5. The topological polar surface area (TPSA) is 79.5 Å². The smallest absolute Gasteiger partial charge is 0.405 e. The number of fused-ring (bicyclic) bond motifs is 1. The van der Waals surface area contributed by atoms with Crippen LogP contribution in [0.1, 0.15) is 5.82 Å². The van der Waals surface area contributed by atoms with E-state index in [-0.39, 0.29) is 6.54 Å². The van der Waals surface area contributed by atoms with Crippen molar-refractivity contribution in [3.05, 3.63) is 28.6 Å². The van der Waals surface area contributed by atoms with Gasteiger partial charge in [-0.3, -0.25) is 4.40 Å². The lowest BCUT2D eigenvalue weighted by molar-refractivity contribution is 0.193. The molecule has 1 amide bonds. The lowest BCUT2D eigenvalue weighted by Gasteiger charge is -1.99. The maximum Gasteiger partial charge on any atom is 0.405 e. The van der Waals surface area contributed by atoms with Gasteiger partial charge in [0.1, 0.15) is 0 Å². The molecule has 0 fully saturated rings. The van der Waals surface area contributed by atoms with Gasteiger partial charge >= 0.3 is 6.09 Å². The lowest BCUT2D eigenvalue weighted by atomic mass is 10.4. The van der Waals surface area contributed by atoms with Gasteiger partial charge in [-0.25, -0.2) is 4.79 Å². The molecule has 2 aromatic heterocycles. The molecule has 0 atom stereocenters. The van der Waals surface area contributed by atoms with Crippen LogP contribution in [0.15, 0.2) is 22.8 Å². The van der Waals surface area contributed by atoms with Crippen LogP contribution in [0.4, 0.5) is 4.79 Å². The quantitative estimate of drug-likeness (QED) is 0.861. The lowest BCUT2D eigenvalue weighted by Crippen LogP contribution is -2.21. The fraction of sp³-hybridized carbons (Fsp3) is 0.125. The number of carbonyl (C=O) groups is 1. The van der Waals surface area contributed by atoms with Gasteiger partial charge in [-0.15, -0.1) is 10.2 Å². The molecule has 0 bridgehead atoms. The van der Waals surface area contributed by atoms with Gasteiger partial charge in [0.15, 0.2) is 11.5 Å². The molecule has 0 aromatic carbocycles. The van der Waals surface area contributed by atoms with Gasteiger partial charge in [0.2, 0.25) is 0 Å². The predicted octanol–water partition coefficient (Wildman–Crippen LogP) is 1.26. The van der Waals surface area contributed by atoms with Gasteiger partial charge in [-0.2, -0.15) is 0 Å². The standard InChI is InChI=1S/C8H7BrN4O2/c9-5-1-2-6-11-12-7(13(6)4-5)3-10-8(14)15/h1-2,4,10H,3H2,(H,14,15). The number of pyridine rings is 1. The summed E-state index contributed by atoms with van der Waals surface area (Å²) < 4.78 is 2.60. The highest BCUT2D eigenvalue weighted by atomic mass is 79.9. The summed E-state index contributed by atoms with van der Waals surface area (Å²) in [6, 6.07) is 3.64. The SMILES string of the molecule is O=C(O)NCc1nnc2ccc(Br)cn12. The number of rotatable bonds is 2. The number of amides is 1.